The van der Waals surface area contributed by atoms with Crippen molar-refractivity contribution >= 4 is 11.9 Å². The molecule has 1 saturated heterocycles. The number of nitrogens with zero attached hydrogens (tertiary/aromatic N) is 1. The molecule has 0 aliphatic carbocycles. The minimum absolute atomic E-state index is 0.191. The second-order valence-electron chi connectivity index (χ2n) is 6.26. The molecule has 0 bridgehead atoms. The number of unbranched alkanes of at least 4 members (excludes halogenated alkanes) is 2. The third-order valence-corrected chi connectivity index (χ3v) is 3.28. The second kappa shape index (κ2) is 6.92. The lowest BCUT2D eigenvalue weighted by molar-refractivity contribution is -0.123. The fraction of sp³-hybridized carbons (Fsp3) is 0.867. The maximum Gasteiger partial charge on any atom is 0.410 e. The van der Waals surface area contributed by atoms with Crippen LogP contribution in [0.15, 0.2) is 0 Å². The standard InChI is InChI=1S/C15H27NO3/c1-5-6-7-10-13(17)12-9-8-11-16(12)14(18)19-15(2,3)4/h12H,5-11H2,1-4H3/t12-/m0/s1. The van der Waals surface area contributed by atoms with Gasteiger partial charge in [-0.05, 0) is 40.0 Å². The molecule has 0 aromatic heterocycles. The summed E-state index contributed by atoms with van der Waals surface area (Å²) in [4.78, 5) is 25.8. The average molecular weight is 269 g/mol. The molecule has 0 aromatic rings. The van der Waals surface area contributed by atoms with Gasteiger partial charge in [0.25, 0.3) is 0 Å². The molecule has 1 fully saturated rings. The number of hydrogen-bond acceptors (Lipinski definition) is 3. The predicted octanol–water partition coefficient (Wildman–Crippen LogP) is 3.54. The Balaban J connectivity index is 2.53. The van der Waals surface area contributed by atoms with Gasteiger partial charge in [-0.3, -0.25) is 9.69 Å². The Morgan fingerprint density at radius 3 is 2.53 bits per heavy atom. The quantitative estimate of drug-likeness (QED) is 0.717. The van der Waals surface area contributed by atoms with E-state index in [9.17, 15) is 9.59 Å². The van der Waals surface area contributed by atoms with Gasteiger partial charge in [0.2, 0.25) is 0 Å². The van der Waals surface area contributed by atoms with Crippen molar-refractivity contribution in [3.63, 3.8) is 0 Å². The first kappa shape index (κ1) is 16.0. The van der Waals surface area contributed by atoms with Gasteiger partial charge in [0.1, 0.15) is 5.60 Å². The van der Waals surface area contributed by atoms with E-state index in [1.807, 2.05) is 20.8 Å². The molecule has 1 aliphatic heterocycles. The van der Waals surface area contributed by atoms with E-state index < -0.39 is 5.60 Å². The summed E-state index contributed by atoms with van der Waals surface area (Å²) in [5.41, 5.74) is -0.504. The Morgan fingerprint density at radius 2 is 1.95 bits per heavy atom. The second-order valence-corrected chi connectivity index (χ2v) is 6.26. The van der Waals surface area contributed by atoms with Crippen molar-refractivity contribution in [2.24, 2.45) is 0 Å². The molecule has 0 unspecified atom stereocenters. The highest BCUT2D eigenvalue weighted by Gasteiger charge is 2.35. The summed E-state index contributed by atoms with van der Waals surface area (Å²) < 4.78 is 5.36. The third kappa shape index (κ3) is 5.21. The van der Waals surface area contributed by atoms with Crippen LogP contribution in [0.1, 0.15) is 66.2 Å². The van der Waals surface area contributed by atoms with Gasteiger partial charge in [0, 0.05) is 13.0 Å². The number of carbonyl (C=O) groups is 2. The van der Waals surface area contributed by atoms with Crippen molar-refractivity contribution in [2.45, 2.75) is 77.9 Å². The highest BCUT2D eigenvalue weighted by Crippen LogP contribution is 2.23. The SMILES string of the molecule is CCCCCC(=O)[C@@H]1CCCN1C(=O)OC(C)(C)C. The summed E-state index contributed by atoms with van der Waals surface area (Å²) in [6.07, 6.45) is 5.01. The van der Waals surface area contributed by atoms with Gasteiger partial charge in [0.05, 0.1) is 6.04 Å². The van der Waals surface area contributed by atoms with Crippen LogP contribution in [0, 0.1) is 0 Å². The summed E-state index contributed by atoms with van der Waals surface area (Å²) >= 11 is 0. The minimum atomic E-state index is -0.504. The zero-order valence-electron chi connectivity index (χ0n) is 12.7. The Labute approximate surface area is 116 Å². The highest BCUT2D eigenvalue weighted by atomic mass is 16.6. The summed E-state index contributed by atoms with van der Waals surface area (Å²) in [5.74, 6) is 0.191. The Bertz CT molecular complexity index is 320. The van der Waals surface area contributed by atoms with Crippen LogP contribution in [-0.2, 0) is 9.53 Å². The van der Waals surface area contributed by atoms with Crippen molar-refractivity contribution in [1.82, 2.24) is 4.90 Å². The molecule has 0 saturated carbocycles. The molecule has 0 N–H and O–H groups in total. The van der Waals surface area contributed by atoms with Crippen molar-refractivity contribution in [3.05, 3.63) is 0 Å². The topological polar surface area (TPSA) is 46.6 Å². The molecule has 1 rings (SSSR count). The summed E-state index contributed by atoms with van der Waals surface area (Å²) in [5, 5.41) is 0. The van der Waals surface area contributed by atoms with Gasteiger partial charge < -0.3 is 4.74 Å². The van der Waals surface area contributed by atoms with E-state index in [0.717, 1.165) is 32.1 Å². The van der Waals surface area contributed by atoms with Crippen LogP contribution in [0.4, 0.5) is 4.79 Å². The number of rotatable bonds is 5. The van der Waals surface area contributed by atoms with Gasteiger partial charge in [-0.2, -0.15) is 0 Å². The van der Waals surface area contributed by atoms with Crippen LogP contribution < -0.4 is 0 Å². The van der Waals surface area contributed by atoms with Gasteiger partial charge in [-0.25, -0.2) is 4.79 Å². The van der Waals surface area contributed by atoms with Crippen LogP contribution in [0.25, 0.3) is 0 Å². The molecule has 110 valence electrons. The average Bonchev–Trinajstić information content (AvgIpc) is 2.75. The summed E-state index contributed by atoms with van der Waals surface area (Å²) in [6, 6.07) is -0.258. The highest BCUT2D eigenvalue weighted by molar-refractivity contribution is 5.87. The van der Waals surface area contributed by atoms with Crippen molar-refractivity contribution in [1.29, 1.82) is 0 Å². The molecule has 4 nitrogen and oxygen atoms in total. The van der Waals surface area contributed by atoms with Crippen molar-refractivity contribution in [3.8, 4) is 0 Å². The molecule has 1 atom stereocenters. The van der Waals surface area contributed by atoms with E-state index >= 15 is 0 Å². The fourth-order valence-electron chi connectivity index (χ4n) is 2.36. The van der Waals surface area contributed by atoms with Gasteiger partial charge in [-0.1, -0.05) is 19.8 Å². The lowest BCUT2D eigenvalue weighted by Crippen LogP contribution is -2.43. The first-order chi connectivity index (χ1) is 8.85. The fourth-order valence-corrected chi connectivity index (χ4v) is 2.36. The van der Waals surface area contributed by atoms with Crippen LogP contribution in [0.2, 0.25) is 0 Å². The first-order valence-electron chi connectivity index (χ1n) is 7.37. The zero-order chi connectivity index (χ0) is 14.5. The van der Waals surface area contributed by atoms with Crippen LogP contribution in [-0.4, -0.2) is 35.0 Å². The summed E-state index contributed by atoms with van der Waals surface area (Å²) in [7, 11) is 0. The van der Waals surface area contributed by atoms with Crippen LogP contribution in [0.3, 0.4) is 0 Å². The monoisotopic (exact) mass is 269 g/mol. The van der Waals surface area contributed by atoms with E-state index in [4.69, 9.17) is 4.74 Å². The number of Topliss-reactive ketones (excluding diaryl/α,β-unsaturated/α-hetero) is 1. The molecule has 1 aliphatic rings. The number of hydrogen-bond donors (Lipinski definition) is 0. The maximum absolute atomic E-state index is 12.2. The Kier molecular flexibility index (Phi) is 5.83. The molecule has 0 aromatic carbocycles. The minimum Gasteiger partial charge on any atom is -0.444 e. The van der Waals surface area contributed by atoms with Gasteiger partial charge >= 0.3 is 6.09 Å². The van der Waals surface area contributed by atoms with Crippen LogP contribution in [0.5, 0.6) is 0 Å². The molecule has 19 heavy (non-hydrogen) atoms. The molecular formula is C15H27NO3. The Morgan fingerprint density at radius 1 is 1.26 bits per heavy atom. The number of ketones is 1. The van der Waals surface area contributed by atoms with Crippen molar-refractivity contribution < 1.29 is 14.3 Å². The largest absolute Gasteiger partial charge is 0.444 e. The van der Waals surface area contributed by atoms with Crippen LogP contribution >= 0.6 is 0 Å². The van der Waals surface area contributed by atoms with E-state index in [1.54, 1.807) is 4.90 Å². The van der Waals surface area contributed by atoms with E-state index in [0.29, 0.717) is 13.0 Å². The smallest absolute Gasteiger partial charge is 0.410 e. The third-order valence-electron chi connectivity index (χ3n) is 3.28. The zero-order valence-corrected chi connectivity index (χ0v) is 12.7. The predicted molar refractivity (Wildman–Crippen MR) is 75.1 cm³/mol. The van der Waals surface area contributed by atoms with Gasteiger partial charge in [0.15, 0.2) is 5.78 Å². The Hall–Kier alpha value is -1.06. The molecular weight excluding hydrogens is 242 g/mol. The number of amides is 1. The molecule has 0 spiro atoms. The molecule has 1 heterocycles. The van der Waals surface area contributed by atoms with E-state index in [1.165, 1.54) is 0 Å². The number of carbonyl (C=O) groups excluding carboxylic acids is 2. The molecule has 1 amide bonds. The normalized spacial score (nSPS) is 19.6. The van der Waals surface area contributed by atoms with E-state index in [2.05, 4.69) is 6.92 Å². The molecule has 0 radical (unpaired) electrons. The summed E-state index contributed by atoms with van der Waals surface area (Å²) in [6.45, 7) is 8.29. The number of likely N-dealkylation sites (tertiary alicyclic amines) is 1. The first-order valence-corrected chi connectivity index (χ1v) is 7.37. The number of ether oxygens (including phenoxy) is 1. The molecule has 4 heteroatoms. The lowest BCUT2D eigenvalue weighted by Gasteiger charge is -2.28. The van der Waals surface area contributed by atoms with E-state index in [-0.39, 0.29) is 17.9 Å². The van der Waals surface area contributed by atoms with Gasteiger partial charge in [-0.15, -0.1) is 0 Å². The van der Waals surface area contributed by atoms with Crippen molar-refractivity contribution in [2.75, 3.05) is 6.54 Å². The maximum atomic E-state index is 12.2. The lowest BCUT2D eigenvalue weighted by atomic mass is 10.0.